The number of rotatable bonds is 1. The molecule has 1 fully saturated rings. The molecule has 0 aromatic heterocycles. The van der Waals surface area contributed by atoms with E-state index in [1.54, 1.807) is 6.07 Å². The van der Waals surface area contributed by atoms with Crippen molar-refractivity contribution in [3.63, 3.8) is 0 Å². The molecule has 1 unspecified atom stereocenters. The first-order chi connectivity index (χ1) is 6.36. The first-order valence-corrected chi connectivity index (χ1v) is 4.36. The molecule has 0 aliphatic carbocycles. The van der Waals surface area contributed by atoms with Crippen molar-refractivity contribution < 1.29 is 13.9 Å². The molecule has 0 bridgehead atoms. The molecule has 0 spiro atoms. The molecular formula is C10H9FO2. The fourth-order valence-corrected chi connectivity index (χ4v) is 1.71. The van der Waals surface area contributed by atoms with Crippen molar-refractivity contribution in [1.29, 1.82) is 0 Å². The number of fused-ring (bicyclic) bond motifs is 1. The van der Waals surface area contributed by atoms with Gasteiger partial charge in [0.25, 0.3) is 0 Å². The molecule has 1 atom stereocenters. The van der Waals surface area contributed by atoms with E-state index in [9.17, 15) is 4.39 Å². The number of hydrogen-bond acceptors (Lipinski definition) is 2. The number of hydrogen-bond donors (Lipinski definition) is 0. The number of ether oxygens (including phenoxy) is 2. The molecule has 2 aliphatic heterocycles. The van der Waals surface area contributed by atoms with Gasteiger partial charge < -0.3 is 9.47 Å². The third-order valence-electron chi connectivity index (χ3n) is 2.55. The molecule has 1 aromatic carbocycles. The van der Waals surface area contributed by atoms with Gasteiger partial charge >= 0.3 is 0 Å². The monoisotopic (exact) mass is 180 g/mol. The van der Waals surface area contributed by atoms with Crippen LogP contribution in [-0.4, -0.2) is 6.61 Å². The maximum atomic E-state index is 13.7. The summed E-state index contributed by atoms with van der Waals surface area (Å²) in [5.74, 6) is -0.127. The van der Waals surface area contributed by atoms with Gasteiger partial charge in [0.15, 0.2) is 0 Å². The predicted octanol–water partition coefficient (Wildman–Crippen LogP) is 1.93. The summed E-state index contributed by atoms with van der Waals surface area (Å²) in [6.07, 6.45) is -0.00843. The third-order valence-corrected chi connectivity index (χ3v) is 2.55. The summed E-state index contributed by atoms with van der Waals surface area (Å²) in [6, 6.07) is 3.74. The smallest absolute Gasteiger partial charge is 0.134 e. The average molecular weight is 180 g/mol. The molecular weight excluding hydrogens is 171 g/mol. The van der Waals surface area contributed by atoms with Gasteiger partial charge in [-0.25, -0.2) is 4.39 Å². The van der Waals surface area contributed by atoms with Crippen molar-refractivity contribution in [2.75, 3.05) is 6.61 Å². The van der Waals surface area contributed by atoms with Crippen LogP contribution >= 0.6 is 0 Å². The lowest BCUT2D eigenvalue weighted by Crippen LogP contribution is -1.95. The zero-order chi connectivity index (χ0) is 8.84. The highest BCUT2D eigenvalue weighted by atomic mass is 19.1. The Bertz CT molecular complexity index is 358. The van der Waals surface area contributed by atoms with E-state index in [2.05, 4.69) is 0 Å². The maximum Gasteiger partial charge on any atom is 0.134 e. The molecule has 0 N–H and O–H groups in total. The van der Waals surface area contributed by atoms with Crippen LogP contribution in [-0.2, 0) is 22.7 Å². The lowest BCUT2D eigenvalue weighted by Gasteiger charge is -2.03. The van der Waals surface area contributed by atoms with Gasteiger partial charge in [-0.05, 0) is 5.56 Å². The van der Waals surface area contributed by atoms with Crippen molar-refractivity contribution in [3.8, 4) is 0 Å². The van der Waals surface area contributed by atoms with Crippen LogP contribution in [0.25, 0.3) is 0 Å². The molecule has 13 heavy (non-hydrogen) atoms. The van der Waals surface area contributed by atoms with Gasteiger partial charge in [-0.2, -0.15) is 0 Å². The fourth-order valence-electron chi connectivity index (χ4n) is 1.71. The SMILES string of the molecule is Fc1c(C2CO2)ccc2c1COC2. The topological polar surface area (TPSA) is 21.8 Å². The largest absolute Gasteiger partial charge is 0.372 e. The number of halogens is 1. The first kappa shape index (κ1) is 7.47. The Kier molecular flexibility index (Phi) is 1.45. The Morgan fingerprint density at radius 2 is 2.15 bits per heavy atom. The summed E-state index contributed by atoms with van der Waals surface area (Å²) in [5, 5.41) is 0. The standard InChI is InChI=1S/C10H9FO2/c11-10-7(9-5-13-9)2-1-6-3-12-4-8(6)10/h1-2,9H,3-5H2. The summed E-state index contributed by atoms with van der Waals surface area (Å²) in [6.45, 7) is 1.59. The summed E-state index contributed by atoms with van der Waals surface area (Å²) in [5.41, 5.74) is 2.37. The molecule has 0 saturated carbocycles. The highest BCUT2D eigenvalue weighted by molar-refractivity contribution is 5.37. The Balaban J connectivity index is 2.13. The van der Waals surface area contributed by atoms with Crippen LogP contribution in [0.1, 0.15) is 22.8 Å². The van der Waals surface area contributed by atoms with Crippen molar-refractivity contribution in [1.82, 2.24) is 0 Å². The molecule has 2 nitrogen and oxygen atoms in total. The minimum Gasteiger partial charge on any atom is -0.372 e. The Morgan fingerprint density at radius 3 is 2.92 bits per heavy atom. The number of benzene rings is 1. The average Bonchev–Trinajstić information content (AvgIpc) is 2.83. The predicted molar refractivity (Wildman–Crippen MR) is 43.6 cm³/mol. The minimum atomic E-state index is -0.127. The van der Waals surface area contributed by atoms with Crippen molar-refractivity contribution in [2.24, 2.45) is 0 Å². The third kappa shape index (κ3) is 1.08. The van der Waals surface area contributed by atoms with Gasteiger partial charge in [0.1, 0.15) is 11.9 Å². The molecule has 1 saturated heterocycles. The van der Waals surface area contributed by atoms with E-state index >= 15 is 0 Å². The lowest BCUT2D eigenvalue weighted by molar-refractivity contribution is 0.133. The molecule has 2 heterocycles. The van der Waals surface area contributed by atoms with Crippen LogP contribution in [0, 0.1) is 5.82 Å². The van der Waals surface area contributed by atoms with Crippen LogP contribution in [0.3, 0.4) is 0 Å². The van der Waals surface area contributed by atoms with Crippen molar-refractivity contribution in [3.05, 3.63) is 34.6 Å². The van der Waals surface area contributed by atoms with E-state index in [-0.39, 0.29) is 11.9 Å². The second kappa shape index (κ2) is 2.53. The zero-order valence-corrected chi connectivity index (χ0v) is 7.05. The molecule has 0 amide bonds. The van der Waals surface area contributed by atoms with Gasteiger partial charge in [-0.3, -0.25) is 0 Å². The van der Waals surface area contributed by atoms with Gasteiger partial charge in [-0.1, -0.05) is 12.1 Å². The van der Waals surface area contributed by atoms with Gasteiger partial charge in [0.2, 0.25) is 0 Å². The van der Waals surface area contributed by atoms with Crippen LogP contribution in [0.5, 0.6) is 0 Å². The Labute approximate surface area is 75.3 Å². The molecule has 3 heteroatoms. The second-order valence-electron chi connectivity index (χ2n) is 3.42. The molecule has 3 rings (SSSR count). The second-order valence-corrected chi connectivity index (χ2v) is 3.42. The molecule has 68 valence electrons. The van der Waals surface area contributed by atoms with Crippen molar-refractivity contribution in [2.45, 2.75) is 19.3 Å². The van der Waals surface area contributed by atoms with E-state index in [1.165, 1.54) is 0 Å². The van der Waals surface area contributed by atoms with Crippen LogP contribution in [0.4, 0.5) is 4.39 Å². The Hall–Kier alpha value is -0.930. The summed E-state index contributed by atoms with van der Waals surface area (Å²) in [7, 11) is 0. The lowest BCUT2D eigenvalue weighted by atomic mass is 10.0. The minimum absolute atomic E-state index is 0.00843. The highest BCUT2D eigenvalue weighted by Crippen LogP contribution is 2.35. The van der Waals surface area contributed by atoms with E-state index in [0.29, 0.717) is 30.9 Å². The van der Waals surface area contributed by atoms with E-state index in [0.717, 1.165) is 5.56 Å². The van der Waals surface area contributed by atoms with Crippen LogP contribution < -0.4 is 0 Å². The molecule has 1 aromatic rings. The fraction of sp³-hybridized carbons (Fsp3) is 0.400. The summed E-state index contributed by atoms with van der Waals surface area (Å²) >= 11 is 0. The van der Waals surface area contributed by atoms with Gasteiger partial charge in [-0.15, -0.1) is 0 Å². The van der Waals surface area contributed by atoms with Crippen LogP contribution in [0.2, 0.25) is 0 Å². The summed E-state index contributed by atoms with van der Waals surface area (Å²) in [4.78, 5) is 0. The quantitative estimate of drug-likeness (QED) is 0.616. The van der Waals surface area contributed by atoms with E-state index < -0.39 is 0 Å². The van der Waals surface area contributed by atoms with Gasteiger partial charge in [0.05, 0.1) is 19.8 Å². The normalized spacial score (nSPS) is 24.5. The molecule has 0 radical (unpaired) electrons. The Morgan fingerprint density at radius 1 is 1.31 bits per heavy atom. The maximum absolute atomic E-state index is 13.7. The highest BCUT2D eigenvalue weighted by Gasteiger charge is 2.30. The first-order valence-electron chi connectivity index (χ1n) is 4.36. The zero-order valence-electron chi connectivity index (χ0n) is 7.05. The number of epoxide rings is 1. The van der Waals surface area contributed by atoms with E-state index in [1.807, 2.05) is 6.07 Å². The van der Waals surface area contributed by atoms with Crippen molar-refractivity contribution >= 4 is 0 Å². The summed E-state index contributed by atoms with van der Waals surface area (Å²) < 4.78 is 23.9. The van der Waals surface area contributed by atoms with E-state index in [4.69, 9.17) is 9.47 Å². The molecule has 2 aliphatic rings. The van der Waals surface area contributed by atoms with Gasteiger partial charge in [0, 0.05) is 11.1 Å². The van der Waals surface area contributed by atoms with Crippen LogP contribution in [0.15, 0.2) is 12.1 Å².